The van der Waals surface area contributed by atoms with Gasteiger partial charge in [0.05, 0.1) is 0 Å². The fraction of sp³-hybridized carbons (Fsp3) is 0.647. The number of rotatable bonds is 3. The zero-order valence-electron chi connectivity index (χ0n) is 12.7. The van der Waals surface area contributed by atoms with Gasteiger partial charge in [0, 0.05) is 25.4 Å². The standard InChI is InChI=1S/C17H27NO/c1-13-9-14(2)11-16(10-13)18-7-5-15(6-8-19)17(3,4)12-18/h9-11,15,19H,5-8,12H2,1-4H3. The van der Waals surface area contributed by atoms with Crippen LogP contribution >= 0.6 is 0 Å². The van der Waals surface area contributed by atoms with E-state index in [0.29, 0.717) is 12.5 Å². The maximum absolute atomic E-state index is 9.19. The van der Waals surface area contributed by atoms with Gasteiger partial charge >= 0.3 is 0 Å². The number of nitrogens with zero attached hydrogens (tertiary/aromatic N) is 1. The molecule has 0 aliphatic carbocycles. The van der Waals surface area contributed by atoms with Crippen LogP contribution in [0, 0.1) is 25.2 Å². The molecule has 1 heterocycles. The molecular formula is C17H27NO. The van der Waals surface area contributed by atoms with E-state index in [1.165, 1.54) is 23.2 Å². The fourth-order valence-electron chi connectivity index (χ4n) is 3.45. The van der Waals surface area contributed by atoms with Gasteiger partial charge in [0.15, 0.2) is 0 Å². The van der Waals surface area contributed by atoms with E-state index in [4.69, 9.17) is 0 Å². The van der Waals surface area contributed by atoms with Gasteiger partial charge in [-0.15, -0.1) is 0 Å². The van der Waals surface area contributed by atoms with Crippen LogP contribution in [0.2, 0.25) is 0 Å². The minimum absolute atomic E-state index is 0.276. The van der Waals surface area contributed by atoms with Crippen molar-refractivity contribution in [1.82, 2.24) is 0 Å². The molecule has 2 nitrogen and oxygen atoms in total. The summed E-state index contributed by atoms with van der Waals surface area (Å²) in [6.45, 7) is 11.5. The van der Waals surface area contributed by atoms with Crippen molar-refractivity contribution in [2.45, 2.75) is 40.5 Å². The molecule has 1 atom stereocenters. The number of hydrogen-bond donors (Lipinski definition) is 1. The average molecular weight is 261 g/mol. The third-order valence-electron chi connectivity index (χ3n) is 4.50. The van der Waals surface area contributed by atoms with E-state index in [1.807, 2.05) is 0 Å². The molecule has 1 aliphatic heterocycles. The summed E-state index contributed by atoms with van der Waals surface area (Å²) in [4.78, 5) is 2.51. The van der Waals surface area contributed by atoms with Crippen LogP contribution in [0.25, 0.3) is 0 Å². The van der Waals surface area contributed by atoms with Gasteiger partial charge in [0.25, 0.3) is 0 Å². The van der Waals surface area contributed by atoms with Crippen LogP contribution in [-0.2, 0) is 0 Å². The van der Waals surface area contributed by atoms with Crippen LogP contribution in [-0.4, -0.2) is 24.8 Å². The molecule has 0 spiro atoms. The van der Waals surface area contributed by atoms with Crippen molar-refractivity contribution in [3.8, 4) is 0 Å². The summed E-state index contributed by atoms with van der Waals surface area (Å²) >= 11 is 0. The molecule has 106 valence electrons. The lowest BCUT2D eigenvalue weighted by Crippen LogP contribution is -2.46. The molecule has 0 radical (unpaired) electrons. The first-order chi connectivity index (χ1) is 8.92. The summed E-state index contributed by atoms with van der Waals surface area (Å²) < 4.78 is 0. The van der Waals surface area contributed by atoms with E-state index in [1.54, 1.807) is 0 Å². The summed E-state index contributed by atoms with van der Waals surface area (Å²) in [5.41, 5.74) is 4.31. The van der Waals surface area contributed by atoms with Crippen molar-refractivity contribution in [3.05, 3.63) is 29.3 Å². The molecule has 19 heavy (non-hydrogen) atoms. The monoisotopic (exact) mass is 261 g/mol. The van der Waals surface area contributed by atoms with E-state index in [9.17, 15) is 5.11 Å². The van der Waals surface area contributed by atoms with Crippen molar-refractivity contribution in [2.75, 3.05) is 24.6 Å². The molecule has 1 aromatic rings. The Bertz CT molecular complexity index is 419. The first-order valence-corrected chi connectivity index (χ1v) is 7.36. The molecule has 0 aromatic heterocycles. The van der Waals surface area contributed by atoms with E-state index < -0.39 is 0 Å². The Morgan fingerprint density at radius 2 is 1.84 bits per heavy atom. The summed E-state index contributed by atoms with van der Waals surface area (Å²) in [5.74, 6) is 0.639. The molecule has 1 saturated heterocycles. The summed E-state index contributed by atoms with van der Waals surface area (Å²) in [7, 11) is 0. The average Bonchev–Trinajstić information content (AvgIpc) is 2.30. The van der Waals surface area contributed by atoms with Crippen LogP contribution in [0.15, 0.2) is 18.2 Å². The molecule has 0 saturated carbocycles. The van der Waals surface area contributed by atoms with E-state index in [-0.39, 0.29) is 5.41 Å². The van der Waals surface area contributed by atoms with Crippen molar-refractivity contribution in [2.24, 2.45) is 11.3 Å². The number of aliphatic hydroxyl groups is 1. The predicted octanol–water partition coefficient (Wildman–Crippen LogP) is 3.54. The Morgan fingerprint density at radius 1 is 1.21 bits per heavy atom. The van der Waals surface area contributed by atoms with Gasteiger partial charge in [-0.25, -0.2) is 0 Å². The lowest BCUT2D eigenvalue weighted by Gasteiger charge is -2.45. The van der Waals surface area contributed by atoms with Crippen LogP contribution in [0.5, 0.6) is 0 Å². The molecule has 1 N–H and O–H groups in total. The highest BCUT2D eigenvalue weighted by Gasteiger charge is 2.35. The SMILES string of the molecule is Cc1cc(C)cc(N2CCC(CCO)C(C)(C)C2)c1. The topological polar surface area (TPSA) is 23.5 Å². The lowest BCUT2D eigenvalue weighted by atomic mass is 9.72. The number of piperidine rings is 1. The van der Waals surface area contributed by atoms with Crippen LogP contribution < -0.4 is 4.90 Å². The summed E-state index contributed by atoms with van der Waals surface area (Å²) in [6, 6.07) is 6.80. The first-order valence-electron chi connectivity index (χ1n) is 7.36. The second-order valence-electron chi connectivity index (χ2n) is 6.75. The largest absolute Gasteiger partial charge is 0.396 e. The quantitative estimate of drug-likeness (QED) is 0.899. The minimum atomic E-state index is 0.276. The number of aryl methyl sites for hydroxylation is 2. The second-order valence-corrected chi connectivity index (χ2v) is 6.75. The summed E-state index contributed by atoms with van der Waals surface area (Å²) in [5, 5.41) is 9.19. The first kappa shape index (κ1) is 14.4. The van der Waals surface area contributed by atoms with Crippen LogP contribution in [0.4, 0.5) is 5.69 Å². The minimum Gasteiger partial charge on any atom is -0.396 e. The third-order valence-corrected chi connectivity index (χ3v) is 4.50. The zero-order chi connectivity index (χ0) is 14.0. The fourth-order valence-corrected chi connectivity index (χ4v) is 3.45. The van der Waals surface area contributed by atoms with Gasteiger partial charge in [-0.1, -0.05) is 19.9 Å². The van der Waals surface area contributed by atoms with Crippen molar-refractivity contribution in [1.29, 1.82) is 0 Å². The van der Waals surface area contributed by atoms with E-state index in [2.05, 4.69) is 50.8 Å². The number of hydrogen-bond acceptors (Lipinski definition) is 2. The van der Waals surface area contributed by atoms with Gasteiger partial charge in [-0.05, 0) is 61.3 Å². The molecule has 1 unspecified atom stereocenters. The maximum atomic E-state index is 9.19. The molecule has 1 aromatic carbocycles. The number of benzene rings is 1. The molecule has 1 fully saturated rings. The zero-order valence-corrected chi connectivity index (χ0v) is 12.7. The Hall–Kier alpha value is -1.02. The second kappa shape index (κ2) is 5.54. The summed E-state index contributed by atoms with van der Waals surface area (Å²) in [6.07, 6.45) is 2.12. The highest BCUT2D eigenvalue weighted by Crippen LogP contribution is 2.38. The van der Waals surface area contributed by atoms with E-state index >= 15 is 0 Å². The highest BCUT2D eigenvalue weighted by molar-refractivity contribution is 5.51. The van der Waals surface area contributed by atoms with Crippen molar-refractivity contribution >= 4 is 5.69 Å². The smallest absolute Gasteiger partial charge is 0.0433 e. The number of anilines is 1. The van der Waals surface area contributed by atoms with E-state index in [0.717, 1.165) is 19.5 Å². The maximum Gasteiger partial charge on any atom is 0.0433 e. The highest BCUT2D eigenvalue weighted by atomic mass is 16.3. The van der Waals surface area contributed by atoms with Crippen LogP contribution in [0.1, 0.15) is 37.8 Å². The molecule has 2 rings (SSSR count). The number of aliphatic hydroxyl groups excluding tert-OH is 1. The van der Waals surface area contributed by atoms with Gasteiger partial charge in [-0.2, -0.15) is 0 Å². The Morgan fingerprint density at radius 3 is 2.37 bits per heavy atom. The molecule has 1 aliphatic rings. The van der Waals surface area contributed by atoms with Gasteiger partial charge < -0.3 is 10.0 Å². The predicted molar refractivity (Wildman–Crippen MR) is 81.7 cm³/mol. The van der Waals surface area contributed by atoms with Gasteiger partial charge in [-0.3, -0.25) is 0 Å². The Balaban J connectivity index is 2.16. The van der Waals surface area contributed by atoms with Gasteiger partial charge in [0.2, 0.25) is 0 Å². The van der Waals surface area contributed by atoms with Crippen molar-refractivity contribution < 1.29 is 5.11 Å². The Kier molecular flexibility index (Phi) is 4.19. The normalized spacial score (nSPS) is 22.6. The Labute approximate surface area is 117 Å². The van der Waals surface area contributed by atoms with Crippen molar-refractivity contribution in [3.63, 3.8) is 0 Å². The third kappa shape index (κ3) is 3.30. The van der Waals surface area contributed by atoms with Gasteiger partial charge in [0.1, 0.15) is 0 Å². The molecular weight excluding hydrogens is 234 g/mol. The molecule has 0 amide bonds. The van der Waals surface area contributed by atoms with Crippen LogP contribution in [0.3, 0.4) is 0 Å². The lowest BCUT2D eigenvalue weighted by molar-refractivity contribution is 0.134. The molecule has 2 heteroatoms. The molecule has 0 bridgehead atoms.